The second-order valence-corrected chi connectivity index (χ2v) is 4.99. The first-order valence-electron chi connectivity index (χ1n) is 5.23. The molecule has 0 amide bonds. The van der Waals surface area contributed by atoms with Gasteiger partial charge in [0.1, 0.15) is 0 Å². The van der Waals surface area contributed by atoms with Crippen molar-refractivity contribution in [3.05, 3.63) is 21.9 Å². The van der Waals surface area contributed by atoms with Gasteiger partial charge in [0.05, 0.1) is 0 Å². The highest BCUT2D eigenvalue weighted by atomic mass is 127. The van der Waals surface area contributed by atoms with Crippen LogP contribution in [0.1, 0.15) is 23.6 Å². The topological polar surface area (TPSA) is 50.4 Å². The van der Waals surface area contributed by atoms with Crippen LogP contribution in [0.15, 0.2) is 17.1 Å². The zero-order valence-corrected chi connectivity index (χ0v) is 13.1. The summed E-state index contributed by atoms with van der Waals surface area (Å²) < 4.78 is 0. The summed E-state index contributed by atoms with van der Waals surface area (Å²) in [6, 6.07) is 4.65. The Bertz CT molecular complexity index is 336. The third-order valence-electron chi connectivity index (χ3n) is 2.03. The SMILES string of the molecule is CCN=C(N)NC(C)Cc1ccc(C)s1.I. The van der Waals surface area contributed by atoms with Crippen molar-refractivity contribution in [2.75, 3.05) is 6.54 Å². The molecule has 5 heteroatoms. The van der Waals surface area contributed by atoms with Gasteiger partial charge in [-0.05, 0) is 32.9 Å². The Morgan fingerprint density at radius 3 is 2.75 bits per heavy atom. The van der Waals surface area contributed by atoms with Crippen molar-refractivity contribution < 1.29 is 0 Å². The molecule has 0 radical (unpaired) electrons. The number of halogens is 1. The van der Waals surface area contributed by atoms with Gasteiger partial charge in [-0.3, -0.25) is 4.99 Å². The van der Waals surface area contributed by atoms with Crippen LogP contribution in [0, 0.1) is 6.92 Å². The van der Waals surface area contributed by atoms with E-state index in [-0.39, 0.29) is 24.0 Å². The van der Waals surface area contributed by atoms with Crippen molar-refractivity contribution in [1.29, 1.82) is 0 Å². The Morgan fingerprint density at radius 2 is 2.25 bits per heavy atom. The van der Waals surface area contributed by atoms with Gasteiger partial charge in [0.15, 0.2) is 5.96 Å². The van der Waals surface area contributed by atoms with Gasteiger partial charge >= 0.3 is 0 Å². The number of nitrogens with two attached hydrogens (primary N) is 1. The number of rotatable bonds is 4. The first-order valence-corrected chi connectivity index (χ1v) is 6.05. The van der Waals surface area contributed by atoms with E-state index in [1.807, 2.05) is 18.3 Å². The van der Waals surface area contributed by atoms with Crippen molar-refractivity contribution in [2.45, 2.75) is 33.2 Å². The molecule has 0 aliphatic rings. The van der Waals surface area contributed by atoms with Crippen molar-refractivity contribution in [3.8, 4) is 0 Å². The molecule has 0 aliphatic carbocycles. The molecule has 0 spiro atoms. The summed E-state index contributed by atoms with van der Waals surface area (Å²) in [5.41, 5.74) is 5.69. The fraction of sp³-hybridized carbons (Fsp3) is 0.545. The molecular weight excluding hydrogens is 333 g/mol. The Labute approximate surface area is 119 Å². The molecule has 0 saturated heterocycles. The molecule has 0 fully saturated rings. The molecule has 1 aromatic heterocycles. The quantitative estimate of drug-likeness (QED) is 0.497. The van der Waals surface area contributed by atoms with E-state index in [0.29, 0.717) is 12.0 Å². The summed E-state index contributed by atoms with van der Waals surface area (Å²) >= 11 is 1.84. The van der Waals surface area contributed by atoms with E-state index in [2.05, 4.69) is 36.3 Å². The van der Waals surface area contributed by atoms with Gasteiger partial charge in [-0.2, -0.15) is 0 Å². The van der Waals surface area contributed by atoms with E-state index in [1.54, 1.807) is 0 Å². The van der Waals surface area contributed by atoms with Crippen LogP contribution in [0.3, 0.4) is 0 Å². The van der Waals surface area contributed by atoms with Crippen LogP contribution >= 0.6 is 35.3 Å². The van der Waals surface area contributed by atoms with E-state index in [1.165, 1.54) is 9.75 Å². The lowest BCUT2D eigenvalue weighted by Crippen LogP contribution is -2.39. The lowest BCUT2D eigenvalue weighted by molar-refractivity contribution is 0.660. The zero-order chi connectivity index (χ0) is 11.3. The first-order chi connectivity index (χ1) is 7.11. The van der Waals surface area contributed by atoms with Crippen LogP contribution < -0.4 is 11.1 Å². The fourth-order valence-corrected chi connectivity index (χ4v) is 2.44. The lowest BCUT2D eigenvalue weighted by atomic mass is 10.2. The van der Waals surface area contributed by atoms with Crippen molar-refractivity contribution >= 4 is 41.3 Å². The predicted molar refractivity (Wildman–Crippen MR) is 82.9 cm³/mol. The molecule has 92 valence electrons. The van der Waals surface area contributed by atoms with Crippen LogP contribution in [0.2, 0.25) is 0 Å². The van der Waals surface area contributed by atoms with Gasteiger partial charge in [0, 0.05) is 28.8 Å². The van der Waals surface area contributed by atoms with Gasteiger partial charge in [-0.15, -0.1) is 35.3 Å². The monoisotopic (exact) mass is 353 g/mol. The molecule has 0 aromatic carbocycles. The molecule has 1 atom stereocenters. The predicted octanol–water partition coefficient (Wildman–Crippen LogP) is 2.53. The third kappa shape index (κ3) is 5.69. The molecule has 1 aromatic rings. The average Bonchev–Trinajstić information content (AvgIpc) is 2.51. The fourth-order valence-electron chi connectivity index (χ4n) is 1.42. The molecule has 0 bridgehead atoms. The molecular formula is C11H20IN3S. The summed E-state index contributed by atoms with van der Waals surface area (Å²) in [4.78, 5) is 6.84. The van der Waals surface area contributed by atoms with Crippen molar-refractivity contribution in [3.63, 3.8) is 0 Å². The highest BCUT2D eigenvalue weighted by Gasteiger charge is 2.05. The molecule has 3 N–H and O–H groups in total. The summed E-state index contributed by atoms with van der Waals surface area (Å²) in [6.07, 6.45) is 0.998. The lowest BCUT2D eigenvalue weighted by Gasteiger charge is -2.13. The van der Waals surface area contributed by atoms with E-state index >= 15 is 0 Å². The van der Waals surface area contributed by atoms with Crippen molar-refractivity contribution in [2.24, 2.45) is 10.7 Å². The van der Waals surface area contributed by atoms with E-state index in [0.717, 1.165) is 13.0 Å². The number of guanidine groups is 1. The number of aryl methyl sites for hydroxylation is 1. The smallest absolute Gasteiger partial charge is 0.188 e. The second-order valence-electron chi connectivity index (χ2n) is 3.62. The molecule has 0 saturated carbocycles. The van der Waals surface area contributed by atoms with Crippen LogP contribution in [0.5, 0.6) is 0 Å². The Balaban J connectivity index is 0.00000225. The number of nitrogens with zero attached hydrogens (tertiary/aromatic N) is 1. The highest BCUT2D eigenvalue weighted by molar-refractivity contribution is 14.0. The summed E-state index contributed by atoms with van der Waals surface area (Å²) in [5, 5.41) is 3.17. The number of hydrogen-bond donors (Lipinski definition) is 2. The van der Waals surface area contributed by atoms with Crippen LogP contribution in [-0.2, 0) is 6.42 Å². The van der Waals surface area contributed by atoms with E-state index < -0.39 is 0 Å². The minimum Gasteiger partial charge on any atom is -0.370 e. The molecule has 1 unspecified atom stereocenters. The largest absolute Gasteiger partial charge is 0.370 e. The minimum absolute atomic E-state index is 0. The van der Waals surface area contributed by atoms with Gasteiger partial charge in [-0.1, -0.05) is 0 Å². The first kappa shape index (κ1) is 15.7. The number of aliphatic imine (C=N–C) groups is 1. The van der Waals surface area contributed by atoms with Crippen molar-refractivity contribution in [1.82, 2.24) is 5.32 Å². The summed E-state index contributed by atoms with van der Waals surface area (Å²) in [6.45, 7) is 6.94. The summed E-state index contributed by atoms with van der Waals surface area (Å²) in [7, 11) is 0. The number of nitrogens with one attached hydrogen (secondary N) is 1. The maximum atomic E-state index is 5.69. The van der Waals surface area contributed by atoms with Crippen LogP contribution in [0.4, 0.5) is 0 Å². The zero-order valence-electron chi connectivity index (χ0n) is 9.99. The molecule has 16 heavy (non-hydrogen) atoms. The number of hydrogen-bond acceptors (Lipinski definition) is 2. The third-order valence-corrected chi connectivity index (χ3v) is 3.05. The summed E-state index contributed by atoms with van der Waals surface area (Å²) in [5.74, 6) is 0.540. The molecule has 0 aliphatic heterocycles. The van der Waals surface area contributed by atoms with Gasteiger partial charge in [0.25, 0.3) is 0 Å². The van der Waals surface area contributed by atoms with Gasteiger partial charge in [0.2, 0.25) is 0 Å². The van der Waals surface area contributed by atoms with E-state index in [4.69, 9.17) is 5.73 Å². The molecule has 3 nitrogen and oxygen atoms in total. The normalized spacial score (nSPS) is 13.1. The van der Waals surface area contributed by atoms with Crippen LogP contribution in [0.25, 0.3) is 0 Å². The standard InChI is InChI=1S/C11H19N3S.HI/c1-4-13-11(12)14-8(2)7-10-6-5-9(3)15-10;/h5-6,8H,4,7H2,1-3H3,(H3,12,13,14);1H. The number of thiophene rings is 1. The maximum absolute atomic E-state index is 5.69. The Kier molecular flexibility index (Phi) is 7.74. The van der Waals surface area contributed by atoms with E-state index in [9.17, 15) is 0 Å². The Morgan fingerprint density at radius 1 is 1.56 bits per heavy atom. The highest BCUT2D eigenvalue weighted by Crippen LogP contribution is 2.16. The van der Waals surface area contributed by atoms with Crippen LogP contribution in [-0.4, -0.2) is 18.5 Å². The Hall–Kier alpha value is -0.300. The average molecular weight is 353 g/mol. The minimum atomic E-state index is 0. The molecule has 1 rings (SSSR count). The maximum Gasteiger partial charge on any atom is 0.188 e. The second kappa shape index (κ2) is 7.89. The van der Waals surface area contributed by atoms with Gasteiger partial charge in [-0.25, -0.2) is 0 Å². The van der Waals surface area contributed by atoms with Gasteiger partial charge < -0.3 is 11.1 Å². The molecule has 1 heterocycles.